The molecule has 108 valence electrons. The summed E-state index contributed by atoms with van der Waals surface area (Å²) in [6.07, 6.45) is 4.12. The van der Waals surface area contributed by atoms with Gasteiger partial charge < -0.3 is 5.32 Å². The summed E-state index contributed by atoms with van der Waals surface area (Å²) in [7, 11) is 0. The molecule has 0 atom stereocenters. The molecule has 0 spiro atoms. The first-order valence-electron chi connectivity index (χ1n) is 6.58. The van der Waals surface area contributed by atoms with Gasteiger partial charge in [-0.1, -0.05) is 18.5 Å². The largest absolute Gasteiger partial charge is 0.369 e. The zero-order valence-corrected chi connectivity index (χ0v) is 12.1. The number of aromatic nitrogens is 4. The van der Waals surface area contributed by atoms with Gasteiger partial charge in [-0.3, -0.25) is 0 Å². The lowest BCUT2D eigenvalue weighted by molar-refractivity contribution is 0.626. The first kappa shape index (κ1) is 13.8. The molecule has 5 nitrogen and oxygen atoms in total. The summed E-state index contributed by atoms with van der Waals surface area (Å²) in [5.41, 5.74) is 1.18. The van der Waals surface area contributed by atoms with Crippen molar-refractivity contribution in [1.29, 1.82) is 0 Å². The first-order chi connectivity index (χ1) is 10.2. The molecule has 0 amide bonds. The molecule has 3 aromatic rings. The predicted octanol–water partition coefficient (Wildman–Crippen LogP) is 3.43. The van der Waals surface area contributed by atoms with Crippen molar-refractivity contribution < 1.29 is 4.39 Å². The Kier molecular flexibility index (Phi) is 3.70. The average molecular weight is 306 g/mol. The summed E-state index contributed by atoms with van der Waals surface area (Å²) in [4.78, 5) is 8.44. The number of halogens is 2. The number of nitrogens with zero attached hydrogens (tertiary/aromatic N) is 4. The van der Waals surface area contributed by atoms with E-state index in [2.05, 4.69) is 27.3 Å². The van der Waals surface area contributed by atoms with Crippen LogP contribution in [0.3, 0.4) is 0 Å². The van der Waals surface area contributed by atoms with Gasteiger partial charge in [-0.2, -0.15) is 5.10 Å². The van der Waals surface area contributed by atoms with Crippen LogP contribution in [0.25, 0.3) is 16.7 Å². The second kappa shape index (κ2) is 5.65. The van der Waals surface area contributed by atoms with Crippen molar-refractivity contribution in [2.24, 2.45) is 0 Å². The summed E-state index contributed by atoms with van der Waals surface area (Å²) in [6, 6.07) is 4.52. The number of nitrogens with one attached hydrogen (secondary N) is 1. The smallest absolute Gasteiger partial charge is 0.168 e. The third-order valence-corrected chi connectivity index (χ3v) is 3.36. The molecule has 0 radical (unpaired) electrons. The third-order valence-electron chi connectivity index (χ3n) is 3.06. The SMILES string of the molecule is CCCNc1ncnc2c1cnn2-c1ccc(Cl)c(F)c1. The van der Waals surface area contributed by atoms with E-state index in [-0.39, 0.29) is 5.02 Å². The molecule has 2 heterocycles. The van der Waals surface area contributed by atoms with Gasteiger partial charge >= 0.3 is 0 Å². The molecule has 0 bridgehead atoms. The lowest BCUT2D eigenvalue weighted by Gasteiger charge is -2.06. The van der Waals surface area contributed by atoms with Gasteiger partial charge in [-0.25, -0.2) is 19.0 Å². The maximum Gasteiger partial charge on any atom is 0.168 e. The van der Waals surface area contributed by atoms with E-state index >= 15 is 0 Å². The molecule has 0 aliphatic carbocycles. The van der Waals surface area contributed by atoms with Crippen molar-refractivity contribution in [2.75, 3.05) is 11.9 Å². The van der Waals surface area contributed by atoms with Crippen LogP contribution < -0.4 is 5.32 Å². The van der Waals surface area contributed by atoms with Gasteiger partial charge in [-0.15, -0.1) is 0 Å². The van der Waals surface area contributed by atoms with E-state index in [0.717, 1.165) is 24.2 Å². The standard InChI is InChI=1S/C14H13ClFN5/c1-2-5-17-13-10-7-20-21(14(10)19-8-18-13)9-3-4-11(15)12(16)6-9/h3-4,6-8H,2,5H2,1H3,(H,17,18,19). The highest BCUT2D eigenvalue weighted by atomic mass is 35.5. The van der Waals surface area contributed by atoms with Crippen LogP contribution >= 0.6 is 11.6 Å². The first-order valence-corrected chi connectivity index (χ1v) is 6.96. The van der Waals surface area contributed by atoms with E-state index in [1.54, 1.807) is 16.9 Å². The lowest BCUT2D eigenvalue weighted by atomic mass is 10.3. The minimum Gasteiger partial charge on any atom is -0.369 e. The van der Waals surface area contributed by atoms with Crippen molar-refractivity contribution >= 4 is 28.5 Å². The number of hydrogen-bond acceptors (Lipinski definition) is 4. The Labute approximate surface area is 125 Å². The normalized spacial score (nSPS) is 11.0. The van der Waals surface area contributed by atoms with E-state index in [4.69, 9.17) is 11.6 Å². The maximum absolute atomic E-state index is 13.6. The lowest BCUT2D eigenvalue weighted by Crippen LogP contribution is -2.03. The number of rotatable bonds is 4. The van der Waals surface area contributed by atoms with Gasteiger partial charge in [-0.05, 0) is 18.6 Å². The summed E-state index contributed by atoms with van der Waals surface area (Å²) in [5, 5.41) is 8.36. The molecule has 0 fully saturated rings. The van der Waals surface area contributed by atoms with Crippen LogP contribution in [-0.4, -0.2) is 26.3 Å². The minimum absolute atomic E-state index is 0.0788. The number of benzene rings is 1. The molecule has 0 saturated heterocycles. The molecule has 0 unspecified atom stereocenters. The Morgan fingerprint density at radius 3 is 2.95 bits per heavy atom. The van der Waals surface area contributed by atoms with E-state index in [1.165, 1.54) is 18.5 Å². The Balaban J connectivity index is 2.09. The minimum atomic E-state index is -0.490. The summed E-state index contributed by atoms with van der Waals surface area (Å²) in [6.45, 7) is 2.89. The van der Waals surface area contributed by atoms with Gasteiger partial charge in [0, 0.05) is 12.6 Å². The molecule has 1 N–H and O–H groups in total. The molecule has 0 saturated carbocycles. The van der Waals surface area contributed by atoms with Gasteiger partial charge in [0.15, 0.2) is 5.65 Å². The summed E-state index contributed by atoms with van der Waals surface area (Å²) < 4.78 is 15.2. The van der Waals surface area contributed by atoms with Crippen LogP contribution in [0.15, 0.2) is 30.7 Å². The zero-order valence-electron chi connectivity index (χ0n) is 11.3. The van der Waals surface area contributed by atoms with Crippen molar-refractivity contribution in [2.45, 2.75) is 13.3 Å². The van der Waals surface area contributed by atoms with E-state index < -0.39 is 5.82 Å². The molecule has 7 heteroatoms. The average Bonchev–Trinajstić information content (AvgIpc) is 2.92. The van der Waals surface area contributed by atoms with Gasteiger partial charge in [0.05, 0.1) is 22.3 Å². The van der Waals surface area contributed by atoms with E-state index in [1.807, 2.05) is 0 Å². The molecular formula is C14H13ClFN5. The van der Waals surface area contributed by atoms with Crippen molar-refractivity contribution in [3.63, 3.8) is 0 Å². The summed E-state index contributed by atoms with van der Waals surface area (Å²) >= 11 is 5.70. The van der Waals surface area contributed by atoms with Crippen LogP contribution in [0.1, 0.15) is 13.3 Å². The molecule has 3 rings (SSSR count). The monoisotopic (exact) mass is 305 g/mol. The molecular weight excluding hydrogens is 293 g/mol. The molecule has 1 aromatic carbocycles. The van der Waals surface area contributed by atoms with Crippen LogP contribution in [0, 0.1) is 5.82 Å². The van der Waals surface area contributed by atoms with Crippen molar-refractivity contribution in [1.82, 2.24) is 19.7 Å². The second-order valence-electron chi connectivity index (χ2n) is 4.54. The highest BCUT2D eigenvalue weighted by Gasteiger charge is 2.12. The zero-order chi connectivity index (χ0) is 14.8. The Hall–Kier alpha value is -2.21. The Morgan fingerprint density at radius 1 is 1.33 bits per heavy atom. The predicted molar refractivity (Wildman–Crippen MR) is 80.4 cm³/mol. The second-order valence-corrected chi connectivity index (χ2v) is 4.95. The fourth-order valence-corrected chi connectivity index (χ4v) is 2.15. The fraction of sp³-hybridized carbons (Fsp3) is 0.214. The van der Waals surface area contributed by atoms with E-state index in [0.29, 0.717) is 11.3 Å². The highest BCUT2D eigenvalue weighted by molar-refractivity contribution is 6.30. The van der Waals surface area contributed by atoms with Crippen molar-refractivity contribution in [3.8, 4) is 5.69 Å². The van der Waals surface area contributed by atoms with Gasteiger partial charge in [0.25, 0.3) is 0 Å². The van der Waals surface area contributed by atoms with Gasteiger partial charge in [0.1, 0.15) is 18.0 Å². The quantitative estimate of drug-likeness (QED) is 0.802. The molecule has 0 aliphatic rings. The molecule has 0 aliphatic heterocycles. The summed E-state index contributed by atoms with van der Waals surface area (Å²) in [5.74, 6) is 0.235. The number of hydrogen-bond donors (Lipinski definition) is 1. The highest BCUT2D eigenvalue weighted by Crippen LogP contribution is 2.23. The number of anilines is 1. The Bertz CT molecular complexity index is 786. The van der Waals surface area contributed by atoms with Crippen LogP contribution in [0.2, 0.25) is 5.02 Å². The van der Waals surface area contributed by atoms with Crippen molar-refractivity contribution in [3.05, 3.63) is 41.6 Å². The number of fused-ring (bicyclic) bond motifs is 1. The third kappa shape index (κ3) is 2.54. The van der Waals surface area contributed by atoms with Crippen LogP contribution in [0.5, 0.6) is 0 Å². The van der Waals surface area contributed by atoms with Gasteiger partial charge in [0.2, 0.25) is 0 Å². The van der Waals surface area contributed by atoms with E-state index in [9.17, 15) is 4.39 Å². The Morgan fingerprint density at radius 2 is 2.19 bits per heavy atom. The molecule has 21 heavy (non-hydrogen) atoms. The van der Waals surface area contributed by atoms with Crippen LogP contribution in [-0.2, 0) is 0 Å². The topological polar surface area (TPSA) is 55.6 Å². The fourth-order valence-electron chi connectivity index (χ4n) is 2.03. The maximum atomic E-state index is 13.6. The van der Waals surface area contributed by atoms with Crippen LogP contribution in [0.4, 0.5) is 10.2 Å². The molecule has 2 aromatic heterocycles.